The third-order valence-electron chi connectivity index (χ3n) is 4.03. The zero-order valence-electron chi connectivity index (χ0n) is 14.9. The van der Waals surface area contributed by atoms with Gasteiger partial charge in [0, 0.05) is 15.4 Å². The third kappa shape index (κ3) is 3.82. The number of hydrogen-bond donors (Lipinski definition) is 1. The highest BCUT2D eigenvalue weighted by Gasteiger charge is 2.15. The van der Waals surface area contributed by atoms with Gasteiger partial charge in [0.25, 0.3) is 0 Å². The van der Waals surface area contributed by atoms with Crippen molar-refractivity contribution in [1.29, 1.82) is 0 Å². The summed E-state index contributed by atoms with van der Waals surface area (Å²) in [5.41, 5.74) is 3.14. The Kier molecular flexibility index (Phi) is 5.09. The summed E-state index contributed by atoms with van der Waals surface area (Å²) in [6.45, 7) is 4.04. The lowest BCUT2D eigenvalue weighted by Gasteiger charge is -2.15. The molecule has 0 bridgehead atoms. The molecule has 0 radical (unpaired) electrons. The summed E-state index contributed by atoms with van der Waals surface area (Å²) in [6.07, 6.45) is 1.69. The highest BCUT2D eigenvalue weighted by molar-refractivity contribution is 9.10. The lowest BCUT2D eigenvalue weighted by Crippen LogP contribution is -2.07. The zero-order valence-corrected chi connectivity index (χ0v) is 17.3. The van der Waals surface area contributed by atoms with Crippen molar-refractivity contribution in [3.05, 3.63) is 64.7 Å². The monoisotopic (exact) mass is 439 g/mol. The molecule has 4 aromatic rings. The van der Waals surface area contributed by atoms with Crippen LogP contribution in [0.4, 0.5) is 11.5 Å². The Labute approximate surface area is 170 Å². The molecule has 0 saturated heterocycles. The van der Waals surface area contributed by atoms with Crippen molar-refractivity contribution in [2.45, 2.75) is 20.0 Å². The molecule has 2 aromatic heterocycles. The molecule has 0 aliphatic heterocycles. The molecule has 0 saturated carbocycles. The van der Waals surface area contributed by atoms with E-state index in [9.17, 15) is 0 Å². The number of benzene rings is 2. The number of anilines is 2. The molecule has 1 N–H and O–H groups in total. The minimum absolute atomic E-state index is 0.0952. The Morgan fingerprint density at radius 3 is 2.59 bits per heavy atom. The van der Waals surface area contributed by atoms with Crippen LogP contribution in [0.5, 0.6) is 5.75 Å². The molecule has 0 aliphatic rings. The molecule has 4 rings (SSSR count). The molecule has 2 heterocycles. The first kappa shape index (κ1) is 17.9. The molecular weight excluding hydrogens is 422 g/mol. The Bertz CT molecular complexity index is 1080. The molecule has 0 fully saturated rings. The Morgan fingerprint density at radius 2 is 1.81 bits per heavy atom. The first-order chi connectivity index (χ1) is 13.1. The van der Waals surface area contributed by atoms with Gasteiger partial charge in [0.1, 0.15) is 22.7 Å². The number of thiophene rings is 1. The quantitative estimate of drug-likeness (QED) is 0.377. The molecule has 6 heteroatoms. The number of ether oxygens (including phenoxy) is 1. The molecule has 136 valence electrons. The minimum Gasteiger partial charge on any atom is -0.489 e. The van der Waals surface area contributed by atoms with E-state index in [-0.39, 0.29) is 6.10 Å². The van der Waals surface area contributed by atoms with Gasteiger partial charge in [-0.1, -0.05) is 40.2 Å². The average Bonchev–Trinajstić information content (AvgIpc) is 3.09. The predicted octanol–water partition coefficient (Wildman–Crippen LogP) is 6.65. The zero-order chi connectivity index (χ0) is 18.8. The van der Waals surface area contributed by atoms with Crippen LogP contribution in [0, 0.1) is 0 Å². The number of hydrogen-bond acceptors (Lipinski definition) is 5. The topological polar surface area (TPSA) is 47.0 Å². The van der Waals surface area contributed by atoms with Crippen molar-refractivity contribution in [2.24, 2.45) is 0 Å². The number of para-hydroxylation sites is 2. The Balaban J connectivity index is 1.79. The first-order valence-corrected chi connectivity index (χ1v) is 10.3. The van der Waals surface area contributed by atoms with Gasteiger partial charge in [-0.15, -0.1) is 11.3 Å². The summed E-state index contributed by atoms with van der Waals surface area (Å²) in [5, 5.41) is 6.60. The number of nitrogens with one attached hydrogen (secondary N) is 1. The van der Waals surface area contributed by atoms with Crippen molar-refractivity contribution in [3.8, 4) is 16.9 Å². The highest BCUT2D eigenvalue weighted by Crippen LogP contribution is 2.39. The van der Waals surface area contributed by atoms with Gasteiger partial charge in [0.15, 0.2) is 0 Å². The summed E-state index contributed by atoms with van der Waals surface area (Å²) >= 11 is 5.11. The van der Waals surface area contributed by atoms with Crippen LogP contribution in [0.25, 0.3) is 21.3 Å². The molecule has 0 spiro atoms. The second-order valence-electron chi connectivity index (χ2n) is 6.35. The van der Waals surface area contributed by atoms with E-state index in [1.165, 1.54) is 0 Å². The smallest absolute Gasteiger partial charge is 0.143 e. The van der Waals surface area contributed by atoms with E-state index >= 15 is 0 Å². The van der Waals surface area contributed by atoms with Crippen LogP contribution in [0.2, 0.25) is 0 Å². The van der Waals surface area contributed by atoms with Crippen LogP contribution in [-0.4, -0.2) is 16.1 Å². The van der Waals surface area contributed by atoms with E-state index in [2.05, 4.69) is 48.7 Å². The highest BCUT2D eigenvalue weighted by atomic mass is 79.9. The molecular formula is C21H18BrN3OS. The van der Waals surface area contributed by atoms with Crippen molar-refractivity contribution in [2.75, 3.05) is 5.32 Å². The molecule has 4 nitrogen and oxygen atoms in total. The van der Waals surface area contributed by atoms with Gasteiger partial charge in [0.2, 0.25) is 0 Å². The summed E-state index contributed by atoms with van der Waals surface area (Å²) in [5.74, 6) is 1.58. The molecule has 0 aliphatic carbocycles. The molecule has 0 unspecified atom stereocenters. The van der Waals surface area contributed by atoms with Crippen LogP contribution in [0.15, 0.2) is 64.7 Å². The standard InChI is InChI=1S/C21H18BrN3OS/c1-13(2)26-18-6-4-3-5-17(18)25-20-19-16(11-27-21(19)24-12-23-20)14-7-9-15(22)10-8-14/h3-13H,1-2H3,(H,23,24,25). The van der Waals surface area contributed by atoms with Crippen LogP contribution < -0.4 is 10.1 Å². The van der Waals surface area contributed by atoms with E-state index in [1.807, 2.05) is 50.2 Å². The number of nitrogens with zero attached hydrogens (tertiary/aromatic N) is 2. The van der Waals surface area contributed by atoms with E-state index in [0.29, 0.717) is 0 Å². The van der Waals surface area contributed by atoms with Gasteiger partial charge >= 0.3 is 0 Å². The second-order valence-corrected chi connectivity index (χ2v) is 8.12. The second kappa shape index (κ2) is 7.66. The number of aromatic nitrogens is 2. The number of halogens is 1. The fraction of sp³-hybridized carbons (Fsp3) is 0.143. The maximum Gasteiger partial charge on any atom is 0.143 e. The largest absolute Gasteiger partial charge is 0.489 e. The molecule has 27 heavy (non-hydrogen) atoms. The SMILES string of the molecule is CC(C)Oc1ccccc1Nc1ncnc2scc(-c3ccc(Br)cc3)c12. The maximum atomic E-state index is 5.93. The summed E-state index contributed by atoms with van der Waals surface area (Å²) in [6, 6.07) is 16.2. The Hall–Kier alpha value is -2.44. The van der Waals surface area contributed by atoms with E-state index in [0.717, 1.165) is 43.1 Å². The van der Waals surface area contributed by atoms with Crippen molar-refractivity contribution >= 4 is 49.0 Å². The maximum absolute atomic E-state index is 5.93. The first-order valence-electron chi connectivity index (χ1n) is 8.62. The molecule has 0 atom stereocenters. The van der Waals surface area contributed by atoms with E-state index in [1.54, 1.807) is 17.7 Å². The van der Waals surface area contributed by atoms with Crippen LogP contribution in [-0.2, 0) is 0 Å². The van der Waals surface area contributed by atoms with E-state index in [4.69, 9.17) is 4.74 Å². The lowest BCUT2D eigenvalue weighted by molar-refractivity contribution is 0.244. The van der Waals surface area contributed by atoms with Crippen molar-refractivity contribution in [1.82, 2.24) is 9.97 Å². The molecule has 0 amide bonds. The lowest BCUT2D eigenvalue weighted by atomic mass is 10.1. The van der Waals surface area contributed by atoms with Gasteiger partial charge < -0.3 is 10.1 Å². The minimum atomic E-state index is 0.0952. The van der Waals surface area contributed by atoms with Crippen molar-refractivity contribution < 1.29 is 4.74 Å². The van der Waals surface area contributed by atoms with Gasteiger partial charge in [0.05, 0.1) is 17.2 Å². The van der Waals surface area contributed by atoms with Gasteiger partial charge in [-0.05, 0) is 43.7 Å². The normalized spacial score (nSPS) is 11.1. The summed E-state index contributed by atoms with van der Waals surface area (Å²) in [4.78, 5) is 9.91. The van der Waals surface area contributed by atoms with Gasteiger partial charge in [-0.3, -0.25) is 0 Å². The van der Waals surface area contributed by atoms with Gasteiger partial charge in [-0.25, -0.2) is 9.97 Å². The third-order valence-corrected chi connectivity index (χ3v) is 5.44. The Morgan fingerprint density at radius 1 is 1.04 bits per heavy atom. The van der Waals surface area contributed by atoms with Crippen LogP contribution >= 0.6 is 27.3 Å². The van der Waals surface area contributed by atoms with Crippen molar-refractivity contribution in [3.63, 3.8) is 0 Å². The van der Waals surface area contributed by atoms with Gasteiger partial charge in [-0.2, -0.15) is 0 Å². The van der Waals surface area contributed by atoms with E-state index < -0.39 is 0 Å². The fourth-order valence-electron chi connectivity index (χ4n) is 2.87. The predicted molar refractivity (Wildman–Crippen MR) is 116 cm³/mol. The summed E-state index contributed by atoms with van der Waals surface area (Å²) in [7, 11) is 0. The van der Waals surface area contributed by atoms with Crippen LogP contribution in [0.1, 0.15) is 13.8 Å². The summed E-state index contributed by atoms with van der Waals surface area (Å²) < 4.78 is 6.99. The van der Waals surface area contributed by atoms with Crippen LogP contribution in [0.3, 0.4) is 0 Å². The molecule has 2 aromatic carbocycles. The fourth-order valence-corrected chi connectivity index (χ4v) is 4.05. The number of fused-ring (bicyclic) bond motifs is 1. The number of rotatable bonds is 5. The average molecular weight is 440 g/mol.